The van der Waals surface area contributed by atoms with E-state index in [1.807, 2.05) is 71.3 Å². The van der Waals surface area contributed by atoms with Crippen LogP contribution >= 0.6 is 20.6 Å². The highest BCUT2D eigenvalue weighted by molar-refractivity contribution is 7.27. The van der Waals surface area contributed by atoms with Crippen LogP contribution in [0, 0.1) is 11.3 Å². The lowest BCUT2D eigenvalue weighted by Gasteiger charge is -2.26. The Bertz CT molecular complexity index is 1590. The molecule has 1 aliphatic heterocycles. The summed E-state index contributed by atoms with van der Waals surface area (Å²) in [5, 5.41) is 11.6. The lowest BCUT2D eigenvalue weighted by atomic mass is 9.94. The number of nitrogens with zero attached hydrogens (tertiary/aromatic N) is 4. The number of carbonyl (C=O) groups is 2. The minimum atomic E-state index is -0.545. The molecule has 4 aromatic rings. The molecule has 2 aromatic carbocycles. The Morgan fingerprint density at radius 2 is 1.80 bits per heavy atom. The highest BCUT2D eigenvalue weighted by Gasteiger charge is 2.34. The average molecular weight is 497 g/mol. The molecule has 0 fully saturated rings. The molecule has 5 rings (SSSR count). The van der Waals surface area contributed by atoms with Gasteiger partial charge in [0.05, 0.1) is 4.70 Å². The number of aromatic nitrogens is 2. The molecule has 0 spiro atoms. The van der Waals surface area contributed by atoms with Crippen molar-refractivity contribution >= 4 is 54.1 Å². The number of nitriles is 1. The van der Waals surface area contributed by atoms with E-state index in [0.29, 0.717) is 11.1 Å². The maximum atomic E-state index is 13.2. The first-order chi connectivity index (χ1) is 16.9. The van der Waals surface area contributed by atoms with Crippen molar-refractivity contribution in [3.05, 3.63) is 83.1 Å². The van der Waals surface area contributed by atoms with Crippen LogP contribution in [-0.2, 0) is 9.59 Å². The monoisotopic (exact) mass is 496 g/mol. The van der Waals surface area contributed by atoms with Crippen LogP contribution < -0.4 is 5.30 Å². The number of rotatable bonds is 4. The molecule has 0 saturated carbocycles. The van der Waals surface area contributed by atoms with Crippen LogP contribution in [0.2, 0.25) is 0 Å². The SMILES string of the molecule is CCN1C(=O)C(C#N)=C(C)/C(=C/c2cc3sc(-c4ccc(P)cc4)nc3n2-c2ccccc2)C1=O. The smallest absolute Gasteiger partial charge is 0.271 e. The highest BCUT2D eigenvalue weighted by atomic mass is 32.1. The molecule has 0 aliphatic carbocycles. The predicted molar refractivity (Wildman–Crippen MR) is 142 cm³/mol. The van der Waals surface area contributed by atoms with Crippen molar-refractivity contribution in [3.8, 4) is 22.3 Å². The van der Waals surface area contributed by atoms with Gasteiger partial charge in [0.25, 0.3) is 11.8 Å². The second-order valence-corrected chi connectivity index (χ2v) is 9.79. The molecule has 2 aromatic heterocycles. The molecule has 0 N–H and O–H groups in total. The quantitative estimate of drug-likeness (QED) is 0.230. The summed E-state index contributed by atoms with van der Waals surface area (Å²) in [6.45, 7) is 3.57. The van der Waals surface area contributed by atoms with Gasteiger partial charge in [-0.15, -0.1) is 20.6 Å². The maximum Gasteiger partial charge on any atom is 0.271 e. The molecule has 0 bridgehead atoms. The first-order valence-electron chi connectivity index (χ1n) is 11.1. The van der Waals surface area contributed by atoms with Crippen molar-refractivity contribution in [1.82, 2.24) is 14.5 Å². The van der Waals surface area contributed by atoms with Gasteiger partial charge < -0.3 is 0 Å². The molecule has 172 valence electrons. The van der Waals surface area contributed by atoms with Gasteiger partial charge in [-0.1, -0.05) is 42.5 Å². The number of benzene rings is 2. The fourth-order valence-electron chi connectivity index (χ4n) is 4.17. The highest BCUT2D eigenvalue weighted by Crippen LogP contribution is 2.36. The molecular weight excluding hydrogens is 475 g/mol. The van der Waals surface area contributed by atoms with E-state index in [9.17, 15) is 14.9 Å². The van der Waals surface area contributed by atoms with Crippen LogP contribution in [0.1, 0.15) is 19.5 Å². The van der Waals surface area contributed by atoms with Gasteiger partial charge >= 0.3 is 0 Å². The van der Waals surface area contributed by atoms with E-state index in [1.54, 1.807) is 31.3 Å². The number of carbonyl (C=O) groups excluding carboxylic acids is 2. The van der Waals surface area contributed by atoms with Crippen molar-refractivity contribution < 1.29 is 9.59 Å². The maximum absolute atomic E-state index is 13.2. The summed E-state index contributed by atoms with van der Waals surface area (Å²) in [5.41, 5.74) is 4.20. The Kier molecular flexibility index (Phi) is 5.94. The zero-order chi connectivity index (χ0) is 24.7. The summed E-state index contributed by atoms with van der Waals surface area (Å²) >= 11 is 1.58. The van der Waals surface area contributed by atoms with Crippen molar-refractivity contribution in [2.24, 2.45) is 0 Å². The molecule has 8 heteroatoms. The number of hydrogen-bond acceptors (Lipinski definition) is 5. The number of likely N-dealkylation sites (N-methyl/N-ethyl adjacent to an activating group) is 1. The van der Waals surface area contributed by atoms with E-state index < -0.39 is 11.8 Å². The van der Waals surface area contributed by atoms with E-state index in [-0.39, 0.29) is 12.1 Å². The summed E-state index contributed by atoms with van der Waals surface area (Å²) < 4.78 is 2.98. The van der Waals surface area contributed by atoms with Gasteiger partial charge in [-0.2, -0.15) is 5.26 Å². The van der Waals surface area contributed by atoms with Crippen LogP contribution in [0.3, 0.4) is 0 Å². The summed E-state index contributed by atoms with van der Waals surface area (Å²) in [4.78, 5) is 31.8. The molecule has 3 heterocycles. The number of fused-ring (bicyclic) bond motifs is 1. The van der Waals surface area contributed by atoms with Gasteiger partial charge in [0.15, 0.2) is 5.65 Å². The molecule has 0 saturated heterocycles. The van der Waals surface area contributed by atoms with Crippen molar-refractivity contribution in [1.29, 1.82) is 5.26 Å². The fraction of sp³-hybridized carbons (Fsp3) is 0.111. The lowest BCUT2D eigenvalue weighted by Crippen LogP contribution is -2.42. The van der Waals surface area contributed by atoms with E-state index in [0.717, 1.165) is 42.5 Å². The van der Waals surface area contributed by atoms with Crippen LogP contribution in [0.5, 0.6) is 0 Å². The standard InChI is InChI=1S/C27H21N4O2PS/c1-3-30-26(32)21(16(2)22(15-28)27(30)33)13-19-14-23-24(31(19)18-7-5-4-6-8-18)29-25(35-23)17-9-11-20(34)12-10-17/h4-14H,3,34H2,1-2H3/b21-13-. The number of para-hydroxylation sites is 1. The third-order valence-corrected chi connectivity index (χ3v) is 7.41. The van der Waals surface area contributed by atoms with E-state index in [1.165, 1.54) is 0 Å². The number of hydrogen-bond donors (Lipinski definition) is 0. The van der Waals surface area contributed by atoms with E-state index in [4.69, 9.17) is 4.98 Å². The first-order valence-corrected chi connectivity index (χ1v) is 12.4. The van der Waals surface area contributed by atoms with Crippen LogP contribution in [-0.4, -0.2) is 32.8 Å². The van der Waals surface area contributed by atoms with Crippen LogP contribution in [0.4, 0.5) is 0 Å². The predicted octanol–water partition coefficient (Wildman–Crippen LogP) is 4.87. The Morgan fingerprint density at radius 3 is 2.46 bits per heavy atom. The van der Waals surface area contributed by atoms with Crippen molar-refractivity contribution in [3.63, 3.8) is 0 Å². The van der Waals surface area contributed by atoms with Gasteiger partial charge in [0, 0.05) is 29.1 Å². The Hall–Kier alpha value is -3.85. The molecule has 35 heavy (non-hydrogen) atoms. The molecule has 1 atom stereocenters. The van der Waals surface area contributed by atoms with Crippen LogP contribution in [0.25, 0.3) is 32.7 Å². The molecule has 1 unspecified atom stereocenters. The number of thiazole rings is 1. The zero-order valence-corrected chi connectivity index (χ0v) is 21.1. The summed E-state index contributed by atoms with van der Waals surface area (Å²) in [6, 6.07) is 21.9. The number of amides is 2. The molecule has 2 amide bonds. The summed E-state index contributed by atoms with van der Waals surface area (Å²) in [7, 11) is 2.68. The molecule has 1 aliphatic rings. The minimum Gasteiger partial charge on any atom is -0.294 e. The largest absolute Gasteiger partial charge is 0.294 e. The van der Waals surface area contributed by atoms with Gasteiger partial charge in [-0.3, -0.25) is 19.1 Å². The van der Waals surface area contributed by atoms with Crippen molar-refractivity contribution in [2.45, 2.75) is 13.8 Å². The third-order valence-electron chi connectivity index (χ3n) is 5.99. The Morgan fingerprint density at radius 1 is 1.09 bits per heavy atom. The number of imide groups is 1. The topological polar surface area (TPSA) is 79.0 Å². The molecule has 6 nitrogen and oxygen atoms in total. The van der Waals surface area contributed by atoms with Gasteiger partial charge in [0.2, 0.25) is 0 Å². The summed E-state index contributed by atoms with van der Waals surface area (Å²) in [6.07, 6.45) is 1.76. The van der Waals surface area contributed by atoms with Crippen molar-refractivity contribution in [2.75, 3.05) is 6.54 Å². The molecule has 0 radical (unpaired) electrons. The second kappa shape index (κ2) is 9.07. The first kappa shape index (κ1) is 22.9. The zero-order valence-electron chi connectivity index (χ0n) is 19.1. The fourth-order valence-corrected chi connectivity index (χ4v) is 5.36. The van der Waals surface area contributed by atoms with Crippen LogP contribution in [0.15, 0.2) is 77.4 Å². The van der Waals surface area contributed by atoms with E-state index in [2.05, 4.69) is 9.24 Å². The normalized spacial score (nSPS) is 15.4. The second-order valence-electron chi connectivity index (χ2n) is 8.09. The third kappa shape index (κ3) is 3.91. The van der Waals surface area contributed by atoms with Gasteiger partial charge in [-0.25, -0.2) is 4.98 Å². The minimum absolute atomic E-state index is 0.00438. The lowest BCUT2D eigenvalue weighted by molar-refractivity contribution is -0.140. The summed E-state index contributed by atoms with van der Waals surface area (Å²) in [5.74, 6) is -0.943. The Balaban J connectivity index is 1.73. The molecular formula is C27H21N4O2PS. The van der Waals surface area contributed by atoms with Gasteiger partial charge in [0.1, 0.15) is 16.6 Å². The van der Waals surface area contributed by atoms with Gasteiger partial charge in [-0.05, 0) is 49.0 Å². The van der Waals surface area contributed by atoms with E-state index >= 15 is 0 Å². The average Bonchev–Trinajstić information content (AvgIpc) is 3.41. The Labute approximate surface area is 209 Å².